The van der Waals surface area contributed by atoms with Gasteiger partial charge in [-0.25, -0.2) is 4.79 Å². The smallest absolute Gasteiger partial charge is 0.336 e. The minimum Gasteiger partial charge on any atom is -0.458 e. The highest BCUT2D eigenvalue weighted by Crippen LogP contribution is 2.24. The molecule has 0 aromatic carbocycles. The zero-order valence-corrected chi connectivity index (χ0v) is 16.7. The summed E-state index contributed by atoms with van der Waals surface area (Å²) in [4.78, 5) is 25.7. The van der Waals surface area contributed by atoms with Crippen LogP contribution in [0.5, 0.6) is 0 Å². The third kappa shape index (κ3) is 7.76. The van der Waals surface area contributed by atoms with Crippen molar-refractivity contribution in [2.24, 2.45) is 0 Å². The summed E-state index contributed by atoms with van der Waals surface area (Å²) in [5, 5.41) is 6.18. The average molecular weight is 355 g/mol. The third-order valence-electron chi connectivity index (χ3n) is 4.61. The molecule has 0 aromatic heterocycles. The molecule has 1 aliphatic rings. The van der Waals surface area contributed by atoms with Gasteiger partial charge in [0.05, 0.1) is 0 Å². The summed E-state index contributed by atoms with van der Waals surface area (Å²) in [6.45, 7) is 9.01. The Hall–Kier alpha value is -1.10. The summed E-state index contributed by atoms with van der Waals surface area (Å²) in [7, 11) is 0. The molecule has 5 nitrogen and oxygen atoms in total. The molecule has 5 heteroatoms. The van der Waals surface area contributed by atoms with E-state index in [1.165, 1.54) is 25.7 Å². The first-order valence-corrected chi connectivity index (χ1v) is 10.1. The summed E-state index contributed by atoms with van der Waals surface area (Å²) in [6, 6.07) is 0. The van der Waals surface area contributed by atoms with Crippen LogP contribution in [0.2, 0.25) is 0 Å². The maximum absolute atomic E-state index is 12.9. The lowest BCUT2D eigenvalue weighted by Gasteiger charge is -2.33. The minimum absolute atomic E-state index is 0.225. The number of carbonyl (C=O) groups is 2. The second-order valence-corrected chi connectivity index (χ2v) is 8.17. The van der Waals surface area contributed by atoms with Gasteiger partial charge in [-0.2, -0.15) is 0 Å². The molecule has 1 rings (SSSR count). The first kappa shape index (κ1) is 21.9. The van der Waals surface area contributed by atoms with Crippen LogP contribution in [0.3, 0.4) is 0 Å². The molecule has 2 N–H and O–H groups in total. The van der Waals surface area contributed by atoms with Crippen LogP contribution < -0.4 is 10.6 Å². The quantitative estimate of drug-likeness (QED) is 0.376. The zero-order valence-electron chi connectivity index (χ0n) is 16.7. The van der Waals surface area contributed by atoms with E-state index in [4.69, 9.17) is 4.74 Å². The predicted molar refractivity (Wildman–Crippen MR) is 101 cm³/mol. The fourth-order valence-electron chi connectivity index (χ4n) is 3.17. The number of ether oxygens (including phenoxy) is 1. The van der Waals surface area contributed by atoms with Crippen molar-refractivity contribution in [1.82, 2.24) is 10.6 Å². The van der Waals surface area contributed by atoms with Crippen LogP contribution in [0.25, 0.3) is 0 Å². The van der Waals surface area contributed by atoms with Crippen LogP contribution in [0.4, 0.5) is 0 Å². The Balaban J connectivity index is 2.59. The second-order valence-electron chi connectivity index (χ2n) is 8.17. The lowest BCUT2D eigenvalue weighted by Crippen LogP contribution is -2.63. The van der Waals surface area contributed by atoms with E-state index in [2.05, 4.69) is 17.6 Å². The average Bonchev–Trinajstić information content (AvgIpc) is 2.79. The highest BCUT2D eigenvalue weighted by molar-refractivity contribution is 6.07. The normalized spacial score (nSPS) is 21.4. The molecule has 1 saturated heterocycles. The number of hydrogen-bond donors (Lipinski definition) is 2. The topological polar surface area (TPSA) is 67.4 Å². The maximum Gasteiger partial charge on any atom is 0.336 e. The third-order valence-corrected chi connectivity index (χ3v) is 4.61. The van der Waals surface area contributed by atoms with Crippen molar-refractivity contribution in [1.29, 1.82) is 0 Å². The van der Waals surface area contributed by atoms with Gasteiger partial charge in [0.25, 0.3) is 5.91 Å². The molecule has 0 saturated carbocycles. The molecule has 146 valence electrons. The molecule has 1 atom stereocenters. The molecule has 1 amide bonds. The lowest BCUT2D eigenvalue weighted by atomic mass is 9.92. The number of nitrogens with one attached hydrogen (secondary N) is 2. The van der Waals surface area contributed by atoms with Gasteiger partial charge in [0, 0.05) is 6.54 Å². The van der Waals surface area contributed by atoms with E-state index in [-0.39, 0.29) is 5.91 Å². The van der Waals surface area contributed by atoms with E-state index in [9.17, 15) is 9.59 Å². The first-order valence-electron chi connectivity index (χ1n) is 10.1. The van der Waals surface area contributed by atoms with Gasteiger partial charge in [0.15, 0.2) is 5.54 Å². The summed E-state index contributed by atoms with van der Waals surface area (Å²) in [6.07, 6.45) is 10.4. The summed E-state index contributed by atoms with van der Waals surface area (Å²) < 4.78 is 5.57. The van der Waals surface area contributed by atoms with Gasteiger partial charge in [-0.3, -0.25) is 10.1 Å². The Bertz CT molecular complexity index is 408. The molecule has 1 fully saturated rings. The Morgan fingerprint density at radius 2 is 1.72 bits per heavy atom. The first-order chi connectivity index (χ1) is 11.8. The number of rotatable bonds is 9. The summed E-state index contributed by atoms with van der Waals surface area (Å²) in [5.74, 6) is -0.667. The maximum atomic E-state index is 12.9. The molecular formula is C20H38N2O3. The molecule has 0 radical (unpaired) electrons. The van der Waals surface area contributed by atoms with Gasteiger partial charge in [0.1, 0.15) is 5.60 Å². The molecule has 25 heavy (non-hydrogen) atoms. The van der Waals surface area contributed by atoms with Crippen LogP contribution in [0.1, 0.15) is 91.9 Å². The van der Waals surface area contributed by atoms with Crippen LogP contribution in [0, 0.1) is 0 Å². The van der Waals surface area contributed by atoms with Crippen LogP contribution in [-0.4, -0.2) is 36.1 Å². The Kier molecular flexibility index (Phi) is 9.47. The van der Waals surface area contributed by atoms with Crippen LogP contribution >= 0.6 is 0 Å². The van der Waals surface area contributed by atoms with Crippen molar-refractivity contribution >= 4 is 11.9 Å². The van der Waals surface area contributed by atoms with E-state index in [1.807, 2.05) is 20.8 Å². The summed E-state index contributed by atoms with van der Waals surface area (Å²) >= 11 is 0. The van der Waals surface area contributed by atoms with Crippen LogP contribution in [0.15, 0.2) is 0 Å². The van der Waals surface area contributed by atoms with Crippen molar-refractivity contribution in [3.05, 3.63) is 0 Å². The molecular weight excluding hydrogens is 316 g/mol. The molecule has 0 aliphatic carbocycles. The Morgan fingerprint density at radius 1 is 1.04 bits per heavy atom. The number of esters is 1. The number of amides is 1. The van der Waals surface area contributed by atoms with Gasteiger partial charge in [-0.05, 0) is 46.6 Å². The number of unbranched alkanes of at least 4 members (excludes halogenated alkanes) is 5. The highest BCUT2D eigenvalue weighted by atomic mass is 16.6. The van der Waals surface area contributed by atoms with E-state index < -0.39 is 17.1 Å². The molecule has 1 heterocycles. The monoisotopic (exact) mass is 354 g/mol. The fourth-order valence-corrected chi connectivity index (χ4v) is 3.17. The predicted octanol–water partition coefficient (Wildman–Crippen LogP) is 3.71. The number of hydrogen-bond acceptors (Lipinski definition) is 4. The van der Waals surface area contributed by atoms with Crippen molar-refractivity contribution in [3.8, 4) is 0 Å². The minimum atomic E-state index is -1.23. The standard InChI is InChI=1S/C20H38N2O3/c1-5-6-7-8-9-12-15-21-17(23)20(14-11-10-13-16-22-20)18(24)25-19(2,3)4/h22H,5-16H2,1-4H3,(H,21,23)/t20-/m0/s1. The van der Waals surface area contributed by atoms with Gasteiger partial charge in [-0.15, -0.1) is 0 Å². The second kappa shape index (κ2) is 10.8. The van der Waals surface area contributed by atoms with Crippen LogP contribution in [-0.2, 0) is 14.3 Å². The van der Waals surface area contributed by atoms with Crippen molar-refractivity contribution in [2.75, 3.05) is 13.1 Å². The van der Waals surface area contributed by atoms with Crippen molar-refractivity contribution in [3.63, 3.8) is 0 Å². The fraction of sp³-hybridized carbons (Fsp3) is 0.900. The van der Waals surface area contributed by atoms with E-state index >= 15 is 0 Å². The highest BCUT2D eigenvalue weighted by Gasteiger charge is 2.48. The van der Waals surface area contributed by atoms with Gasteiger partial charge < -0.3 is 10.1 Å². The molecule has 0 spiro atoms. The molecule has 0 bridgehead atoms. The van der Waals surface area contributed by atoms with Gasteiger partial charge >= 0.3 is 5.97 Å². The SMILES string of the molecule is CCCCCCCCNC(=O)[C@]1(C(=O)OC(C)(C)C)CCCCCN1. The van der Waals surface area contributed by atoms with E-state index in [0.717, 1.165) is 32.1 Å². The van der Waals surface area contributed by atoms with E-state index in [0.29, 0.717) is 19.5 Å². The summed E-state index contributed by atoms with van der Waals surface area (Å²) in [5.41, 5.74) is -1.83. The lowest BCUT2D eigenvalue weighted by molar-refractivity contribution is -0.166. The molecule has 1 aliphatic heterocycles. The van der Waals surface area contributed by atoms with Gasteiger partial charge in [-0.1, -0.05) is 51.9 Å². The zero-order chi connectivity index (χ0) is 18.8. The molecule has 0 unspecified atom stereocenters. The Morgan fingerprint density at radius 3 is 2.40 bits per heavy atom. The largest absolute Gasteiger partial charge is 0.458 e. The van der Waals surface area contributed by atoms with Crippen molar-refractivity contribution < 1.29 is 14.3 Å². The molecule has 0 aromatic rings. The Labute approximate surface area is 153 Å². The van der Waals surface area contributed by atoms with Crippen molar-refractivity contribution in [2.45, 2.75) is 103 Å². The van der Waals surface area contributed by atoms with Gasteiger partial charge in [0.2, 0.25) is 0 Å². The van der Waals surface area contributed by atoms with E-state index in [1.54, 1.807) is 0 Å². The number of carbonyl (C=O) groups excluding carboxylic acids is 2.